The van der Waals surface area contributed by atoms with Crippen molar-refractivity contribution in [2.24, 2.45) is 17.8 Å². The number of hydrogen-bond donors (Lipinski definition) is 1. The van der Waals surface area contributed by atoms with Crippen LogP contribution in [0.3, 0.4) is 0 Å². The summed E-state index contributed by atoms with van der Waals surface area (Å²) in [5.74, 6) is 2.02. The van der Waals surface area contributed by atoms with Gasteiger partial charge in [0.25, 0.3) is 0 Å². The first kappa shape index (κ1) is 13.8. The molecule has 4 nitrogen and oxygen atoms in total. The molecular formula is C14H26N2O2. The highest BCUT2D eigenvalue weighted by atomic mass is 16.5. The van der Waals surface area contributed by atoms with Gasteiger partial charge in [-0.05, 0) is 25.3 Å². The summed E-state index contributed by atoms with van der Waals surface area (Å²) in [6.45, 7) is 7.89. The molecule has 0 aliphatic carbocycles. The highest BCUT2D eigenvalue weighted by Gasteiger charge is 2.34. The van der Waals surface area contributed by atoms with Gasteiger partial charge < -0.3 is 15.0 Å². The van der Waals surface area contributed by atoms with Crippen molar-refractivity contribution in [3.63, 3.8) is 0 Å². The van der Waals surface area contributed by atoms with E-state index in [4.69, 9.17) is 4.74 Å². The third-order valence-electron chi connectivity index (χ3n) is 4.51. The monoisotopic (exact) mass is 254 g/mol. The summed E-state index contributed by atoms with van der Waals surface area (Å²) in [6, 6.07) is 0.377. The second kappa shape index (κ2) is 6.02. The summed E-state index contributed by atoms with van der Waals surface area (Å²) >= 11 is 0. The molecule has 3 atom stereocenters. The fourth-order valence-electron chi connectivity index (χ4n) is 3.01. The molecule has 1 N–H and O–H groups in total. The van der Waals surface area contributed by atoms with E-state index in [0.29, 0.717) is 29.7 Å². The Morgan fingerprint density at radius 3 is 2.72 bits per heavy atom. The van der Waals surface area contributed by atoms with Gasteiger partial charge in [0.15, 0.2) is 0 Å². The van der Waals surface area contributed by atoms with Gasteiger partial charge in [0.1, 0.15) is 0 Å². The molecule has 0 bridgehead atoms. The molecule has 2 aliphatic heterocycles. The van der Waals surface area contributed by atoms with E-state index in [1.165, 1.54) is 0 Å². The van der Waals surface area contributed by atoms with E-state index in [0.717, 1.165) is 39.1 Å². The van der Waals surface area contributed by atoms with E-state index < -0.39 is 0 Å². The van der Waals surface area contributed by atoms with E-state index in [-0.39, 0.29) is 0 Å². The predicted molar refractivity (Wildman–Crippen MR) is 71.3 cm³/mol. The number of amides is 1. The lowest BCUT2D eigenvalue weighted by atomic mass is 9.95. The highest BCUT2D eigenvalue weighted by molar-refractivity contribution is 5.78. The first-order chi connectivity index (χ1) is 8.61. The fraction of sp³-hybridized carbons (Fsp3) is 0.929. The number of nitrogens with zero attached hydrogens (tertiary/aromatic N) is 1. The second-order valence-electron chi connectivity index (χ2n) is 6.03. The highest BCUT2D eigenvalue weighted by Crippen LogP contribution is 2.26. The summed E-state index contributed by atoms with van der Waals surface area (Å²) in [5, 5.41) is 3.36. The molecular weight excluding hydrogens is 228 g/mol. The molecule has 2 rings (SSSR count). The van der Waals surface area contributed by atoms with E-state index in [1.54, 1.807) is 0 Å². The minimum Gasteiger partial charge on any atom is -0.381 e. The Hall–Kier alpha value is -0.610. The molecule has 1 amide bonds. The minimum absolute atomic E-state index is 0.327. The van der Waals surface area contributed by atoms with Gasteiger partial charge in [0, 0.05) is 38.1 Å². The largest absolute Gasteiger partial charge is 0.381 e. The van der Waals surface area contributed by atoms with Crippen LogP contribution in [0.4, 0.5) is 0 Å². The van der Waals surface area contributed by atoms with E-state index in [9.17, 15) is 4.79 Å². The predicted octanol–water partition coefficient (Wildman–Crippen LogP) is 1.12. The van der Waals surface area contributed by atoms with Crippen LogP contribution in [-0.4, -0.2) is 50.2 Å². The lowest BCUT2D eigenvalue weighted by Crippen LogP contribution is -2.45. The van der Waals surface area contributed by atoms with Crippen molar-refractivity contribution in [2.75, 3.05) is 33.4 Å². The van der Waals surface area contributed by atoms with Crippen molar-refractivity contribution in [2.45, 2.75) is 32.7 Å². The zero-order valence-electron chi connectivity index (χ0n) is 11.8. The Bertz CT molecular complexity index is 288. The molecule has 104 valence electrons. The van der Waals surface area contributed by atoms with Gasteiger partial charge in [-0.2, -0.15) is 0 Å². The summed E-state index contributed by atoms with van der Waals surface area (Å²) in [5.41, 5.74) is 0. The van der Waals surface area contributed by atoms with Crippen LogP contribution in [-0.2, 0) is 9.53 Å². The van der Waals surface area contributed by atoms with Crippen LogP contribution >= 0.6 is 0 Å². The third-order valence-corrected chi connectivity index (χ3v) is 4.51. The van der Waals surface area contributed by atoms with Gasteiger partial charge in [-0.25, -0.2) is 0 Å². The maximum atomic E-state index is 12.0. The average molecular weight is 254 g/mol. The van der Waals surface area contributed by atoms with Crippen molar-refractivity contribution >= 4 is 5.91 Å². The number of rotatable bonds is 5. The number of likely N-dealkylation sites (N-methyl/N-ethyl adjacent to an activating group) is 1. The quantitative estimate of drug-likeness (QED) is 0.799. The number of hydrogen-bond acceptors (Lipinski definition) is 3. The molecule has 0 aromatic rings. The zero-order chi connectivity index (χ0) is 13.1. The van der Waals surface area contributed by atoms with Crippen LogP contribution in [0.1, 0.15) is 26.7 Å². The van der Waals surface area contributed by atoms with Gasteiger partial charge in [0.2, 0.25) is 5.91 Å². The van der Waals surface area contributed by atoms with Gasteiger partial charge in [-0.15, -0.1) is 0 Å². The fourth-order valence-corrected chi connectivity index (χ4v) is 3.01. The summed E-state index contributed by atoms with van der Waals surface area (Å²) in [6.07, 6.45) is 1.84. The van der Waals surface area contributed by atoms with Crippen LogP contribution < -0.4 is 5.32 Å². The SMILES string of the molecule is CNC(CN1CC(C(C)C)CC1=O)C1CCOC1. The van der Waals surface area contributed by atoms with Gasteiger partial charge in [-0.3, -0.25) is 4.79 Å². The molecule has 3 unspecified atom stereocenters. The lowest BCUT2D eigenvalue weighted by molar-refractivity contribution is -0.128. The zero-order valence-corrected chi connectivity index (χ0v) is 11.8. The van der Waals surface area contributed by atoms with E-state index in [1.807, 2.05) is 11.9 Å². The lowest BCUT2D eigenvalue weighted by Gasteiger charge is -2.27. The second-order valence-corrected chi connectivity index (χ2v) is 6.03. The van der Waals surface area contributed by atoms with Gasteiger partial charge in [-0.1, -0.05) is 13.8 Å². The first-order valence-corrected chi connectivity index (χ1v) is 7.14. The molecule has 0 saturated carbocycles. The Kier molecular flexibility index (Phi) is 4.62. The smallest absolute Gasteiger partial charge is 0.222 e. The standard InChI is InChI=1S/C14H26N2O2/c1-10(2)12-6-14(17)16(7-12)8-13(15-3)11-4-5-18-9-11/h10-13,15H,4-9H2,1-3H3. The molecule has 18 heavy (non-hydrogen) atoms. The van der Waals surface area contributed by atoms with Crippen LogP contribution in [0.5, 0.6) is 0 Å². The van der Waals surface area contributed by atoms with Crippen molar-refractivity contribution in [1.82, 2.24) is 10.2 Å². The molecule has 4 heteroatoms. The summed E-state index contributed by atoms with van der Waals surface area (Å²) in [4.78, 5) is 14.1. The minimum atomic E-state index is 0.327. The average Bonchev–Trinajstić information content (AvgIpc) is 2.96. The Balaban J connectivity index is 1.89. The molecule has 2 fully saturated rings. The number of carbonyl (C=O) groups is 1. The van der Waals surface area contributed by atoms with Gasteiger partial charge in [0.05, 0.1) is 6.61 Å². The Morgan fingerprint density at radius 1 is 1.44 bits per heavy atom. The molecule has 0 aromatic heterocycles. The van der Waals surface area contributed by atoms with Gasteiger partial charge >= 0.3 is 0 Å². The van der Waals surface area contributed by atoms with Crippen molar-refractivity contribution < 1.29 is 9.53 Å². The summed E-state index contributed by atoms with van der Waals surface area (Å²) in [7, 11) is 1.99. The number of nitrogens with one attached hydrogen (secondary N) is 1. The number of ether oxygens (including phenoxy) is 1. The number of carbonyl (C=O) groups excluding carboxylic acids is 1. The van der Waals surface area contributed by atoms with Crippen LogP contribution in [0.15, 0.2) is 0 Å². The van der Waals surface area contributed by atoms with Crippen molar-refractivity contribution in [1.29, 1.82) is 0 Å². The van der Waals surface area contributed by atoms with Crippen LogP contribution in [0, 0.1) is 17.8 Å². The molecule has 2 heterocycles. The first-order valence-electron chi connectivity index (χ1n) is 7.14. The van der Waals surface area contributed by atoms with Crippen molar-refractivity contribution in [3.8, 4) is 0 Å². The molecule has 0 radical (unpaired) electrons. The molecule has 2 aliphatic rings. The van der Waals surface area contributed by atoms with Crippen LogP contribution in [0.2, 0.25) is 0 Å². The molecule has 0 spiro atoms. The third kappa shape index (κ3) is 3.04. The molecule has 2 saturated heterocycles. The number of likely N-dealkylation sites (tertiary alicyclic amines) is 1. The van der Waals surface area contributed by atoms with Crippen molar-refractivity contribution in [3.05, 3.63) is 0 Å². The summed E-state index contributed by atoms with van der Waals surface area (Å²) < 4.78 is 5.45. The maximum Gasteiger partial charge on any atom is 0.222 e. The maximum absolute atomic E-state index is 12.0. The normalized spacial score (nSPS) is 30.4. The van der Waals surface area contributed by atoms with Crippen LogP contribution in [0.25, 0.3) is 0 Å². The Morgan fingerprint density at radius 2 is 2.22 bits per heavy atom. The topological polar surface area (TPSA) is 41.6 Å². The Labute approximate surface area is 110 Å². The van der Waals surface area contributed by atoms with E-state index in [2.05, 4.69) is 19.2 Å². The molecule has 0 aromatic carbocycles. The van der Waals surface area contributed by atoms with E-state index >= 15 is 0 Å².